The minimum Gasteiger partial charge on any atom is -0.504 e. The molecule has 0 unspecified atom stereocenters. The first kappa shape index (κ1) is 17.2. The first-order chi connectivity index (χ1) is 11.0. The van der Waals surface area contributed by atoms with Gasteiger partial charge < -0.3 is 9.84 Å². The van der Waals surface area contributed by atoms with E-state index in [1.165, 1.54) is 13.3 Å². The van der Waals surface area contributed by atoms with Crippen molar-refractivity contribution in [3.8, 4) is 11.5 Å². The molecular formula is C14H16BrN4O3S+. The summed E-state index contributed by atoms with van der Waals surface area (Å²) in [6.07, 6.45) is 2.00. The van der Waals surface area contributed by atoms with E-state index in [4.69, 9.17) is 10.5 Å². The van der Waals surface area contributed by atoms with Gasteiger partial charge in [0.05, 0.1) is 13.3 Å². The van der Waals surface area contributed by atoms with Gasteiger partial charge in [0.1, 0.15) is 10.6 Å². The van der Waals surface area contributed by atoms with Crippen LogP contribution in [0.3, 0.4) is 0 Å². The number of nitrogen functional groups attached to an aromatic ring is 1. The van der Waals surface area contributed by atoms with Crippen molar-refractivity contribution in [2.45, 2.75) is 13.3 Å². The number of aromatic nitrogens is 1. The summed E-state index contributed by atoms with van der Waals surface area (Å²) >= 11 is 4.48. The molecule has 1 aromatic heterocycles. The van der Waals surface area contributed by atoms with Crippen molar-refractivity contribution in [2.24, 2.45) is 5.10 Å². The molecule has 23 heavy (non-hydrogen) atoms. The van der Waals surface area contributed by atoms with Crippen LogP contribution in [0.25, 0.3) is 0 Å². The number of phenols is 1. The third-order valence-electron chi connectivity index (χ3n) is 2.98. The van der Waals surface area contributed by atoms with Crippen molar-refractivity contribution in [3.05, 3.63) is 32.7 Å². The van der Waals surface area contributed by atoms with Gasteiger partial charge in [-0.3, -0.25) is 10.5 Å². The number of aromatic hydroxyl groups is 1. The highest BCUT2D eigenvalue weighted by molar-refractivity contribution is 9.10. The lowest BCUT2D eigenvalue weighted by Gasteiger charge is -2.06. The van der Waals surface area contributed by atoms with Gasteiger partial charge in [0, 0.05) is 16.5 Å². The molecule has 9 heteroatoms. The van der Waals surface area contributed by atoms with E-state index in [0.717, 1.165) is 17.0 Å². The molecule has 0 fully saturated rings. The number of amides is 1. The Morgan fingerprint density at radius 2 is 2.35 bits per heavy atom. The number of anilines is 1. The van der Waals surface area contributed by atoms with E-state index in [2.05, 4.69) is 31.4 Å². The molecule has 1 amide bonds. The van der Waals surface area contributed by atoms with E-state index in [0.29, 0.717) is 32.2 Å². The van der Waals surface area contributed by atoms with E-state index >= 15 is 0 Å². The Kier molecular flexibility index (Phi) is 5.56. The Labute approximate surface area is 145 Å². The van der Waals surface area contributed by atoms with Crippen LogP contribution in [-0.4, -0.2) is 24.3 Å². The number of carbonyl (C=O) groups excluding carboxylic acids is 1. The topological polar surface area (TPSA) is 111 Å². The number of hydrogen-bond acceptors (Lipinski definition) is 6. The summed E-state index contributed by atoms with van der Waals surface area (Å²) in [7, 11) is 1.45. The van der Waals surface area contributed by atoms with Gasteiger partial charge in [0.2, 0.25) is 0 Å². The van der Waals surface area contributed by atoms with Gasteiger partial charge in [-0.05, 0) is 23.5 Å². The number of carbonyl (C=O) groups is 1. The number of phenolic OH excluding ortho intramolecular Hbond substituents is 1. The van der Waals surface area contributed by atoms with Crippen LogP contribution in [0.2, 0.25) is 0 Å². The van der Waals surface area contributed by atoms with Gasteiger partial charge in [-0.2, -0.15) is 5.10 Å². The molecular weight excluding hydrogens is 384 g/mol. The maximum absolute atomic E-state index is 12.1. The summed E-state index contributed by atoms with van der Waals surface area (Å²) < 4.78 is 5.77. The monoisotopic (exact) mass is 399 g/mol. The van der Waals surface area contributed by atoms with Gasteiger partial charge in [0.25, 0.3) is 5.91 Å². The number of ether oxygens (including phenoxy) is 1. The van der Waals surface area contributed by atoms with Crippen LogP contribution >= 0.6 is 27.3 Å². The predicted molar refractivity (Wildman–Crippen MR) is 92.1 cm³/mol. The minimum absolute atomic E-state index is 0.0587. The SMILES string of the molecule is CCc1[nH+]c(N)sc1C(=O)N/N=C/c1cc(Br)cc(OC)c1O. The zero-order valence-corrected chi connectivity index (χ0v) is 14.9. The van der Waals surface area contributed by atoms with Gasteiger partial charge in [-0.1, -0.05) is 22.9 Å². The van der Waals surface area contributed by atoms with Crippen molar-refractivity contribution in [1.82, 2.24) is 5.43 Å². The number of hydrogen-bond donors (Lipinski definition) is 3. The molecule has 5 N–H and O–H groups in total. The maximum Gasteiger partial charge on any atom is 0.330 e. The summed E-state index contributed by atoms with van der Waals surface area (Å²) in [6, 6.07) is 3.28. The van der Waals surface area contributed by atoms with Crippen molar-refractivity contribution in [1.29, 1.82) is 0 Å². The van der Waals surface area contributed by atoms with E-state index in [9.17, 15) is 9.90 Å². The third kappa shape index (κ3) is 3.99. The molecule has 0 saturated carbocycles. The van der Waals surface area contributed by atoms with E-state index in [1.54, 1.807) is 12.1 Å². The largest absolute Gasteiger partial charge is 0.504 e. The zero-order valence-electron chi connectivity index (χ0n) is 12.5. The Bertz CT molecular complexity index is 761. The summed E-state index contributed by atoms with van der Waals surface area (Å²) in [5.41, 5.74) is 9.25. The summed E-state index contributed by atoms with van der Waals surface area (Å²) in [4.78, 5) is 15.5. The van der Waals surface area contributed by atoms with Crippen LogP contribution in [-0.2, 0) is 6.42 Å². The number of halogens is 1. The molecule has 7 nitrogen and oxygen atoms in total. The average Bonchev–Trinajstić information content (AvgIpc) is 2.91. The normalized spacial score (nSPS) is 10.9. The number of nitrogens with zero attached hydrogens (tertiary/aromatic N) is 1. The van der Waals surface area contributed by atoms with E-state index in [1.807, 2.05) is 6.92 Å². The number of methoxy groups -OCH3 is 1. The van der Waals surface area contributed by atoms with Crippen molar-refractivity contribution in [3.63, 3.8) is 0 Å². The number of benzene rings is 1. The fourth-order valence-electron chi connectivity index (χ4n) is 1.89. The van der Waals surface area contributed by atoms with Crippen molar-refractivity contribution >= 4 is 44.5 Å². The highest BCUT2D eigenvalue weighted by Crippen LogP contribution is 2.32. The van der Waals surface area contributed by atoms with E-state index in [-0.39, 0.29) is 11.7 Å². The second-order valence-corrected chi connectivity index (χ2v) is 6.47. The molecule has 0 radical (unpaired) electrons. The number of hydrazone groups is 1. The smallest absolute Gasteiger partial charge is 0.330 e. The number of aromatic amines is 1. The van der Waals surface area contributed by atoms with Crippen LogP contribution in [0.15, 0.2) is 21.7 Å². The number of aryl methyl sites for hydroxylation is 1. The Balaban J connectivity index is 2.16. The summed E-state index contributed by atoms with van der Waals surface area (Å²) in [5.74, 6) is -0.116. The van der Waals surface area contributed by atoms with Crippen LogP contribution in [0.5, 0.6) is 11.5 Å². The molecule has 0 aliphatic rings. The molecule has 0 aliphatic carbocycles. The molecule has 1 heterocycles. The Morgan fingerprint density at radius 3 is 3.00 bits per heavy atom. The number of rotatable bonds is 5. The Morgan fingerprint density at radius 1 is 1.61 bits per heavy atom. The zero-order chi connectivity index (χ0) is 17.0. The second kappa shape index (κ2) is 7.42. The van der Waals surface area contributed by atoms with Crippen LogP contribution < -0.4 is 20.9 Å². The van der Waals surface area contributed by atoms with Gasteiger partial charge >= 0.3 is 5.13 Å². The van der Waals surface area contributed by atoms with Crippen molar-refractivity contribution in [2.75, 3.05) is 12.8 Å². The van der Waals surface area contributed by atoms with Gasteiger partial charge in [-0.25, -0.2) is 10.4 Å². The number of H-pyrrole nitrogens is 1. The lowest BCUT2D eigenvalue weighted by Crippen LogP contribution is -2.20. The molecule has 2 rings (SSSR count). The second-order valence-electron chi connectivity index (χ2n) is 4.50. The number of thiazole rings is 1. The standard InChI is InChI=1S/C14H15BrN4O3S/c1-3-9-12(23-14(16)18-9)13(21)19-17-6-7-4-8(15)5-10(22-2)11(7)20/h4-6,20H,3H2,1-2H3,(H2,16,18)(H,19,21)/p+1/b17-6+. The highest BCUT2D eigenvalue weighted by Gasteiger charge is 2.18. The quantitative estimate of drug-likeness (QED) is 0.526. The van der Waals surface area contributed by atoms with Gasteiger partial charge in [0.15, 0.2) is 11.5 Å². The molecule has 0 saturated heterocycles. The lowest BCUT2D eigenvalue weighted by atomic mass is 10.2. The van der Waals surface area contributed by atoms with Gasteiger partial charge in [-0.15, -0.1) is 0 Å². The molecule has 0 bridgehead atoms. The molecule has 0 aliphatic heterocycles. The summed E-state index contributed by atoms with van der Waals surface area (Å²) in [5, 5.41) is 14.3. The molecule has 2 aromatic rings. The molecule has 122 valence electrons. The third-order valence-corrected chi connectivity index (χ3v) is 4.39. The summed E-state index contributed by atoms with van der Waals surface area (Å²) in [6.45, 7) is 1.92. The van der Waals surface area contributed by atoms with E-state index < -0.39 is 0 Å². The highest BCUT2D eigenvalue weighted by atomic mass is 79.9. The molecule has 0 atom stereocenters. The molecule has 0 spiro atoms. The fourth-order valence-corrected chi connectivity index (χ4v) is 3.20. The first-order valence-electron chi connectivity index (χ1n) is 6.66. The fraction of sp³-hybridized carbons (Fsp3) is 0.214. The van der Waals surface area contributed by atoms with Crippen molar-refractivity contribution < 1.29 is 19.6 Å². The number of nitrogens with one attached hydrogen (secondary N) is 2. The first-order valence-corrected chi connectivity index (χ1v) is 8.27. The maximum atomic E-state index is 12.1. The van der Waals surface area contributed by atoms with Crippen LogP contribution in [0.1, 0.15) is 27.9 Å². The minimum atomic E-state index is -0.363. The van der Waals surface area contributed by atoms with Crippen LogP contribution in [0.4, 0.5) is 5.13 Å². The lowest BCUT2D eigenvalue weighted by molar-refractivity contribution is -0.366. The van der Waals surface area contributed by atoms with Crippen LogP contribution in [0, 0.1) is 0 Å². The predicted octanol–water partition coefficient (Wildman–Crippen LogP) is 1.95. The Hall–Kier alpha value is -2.13. The molecule has 1 aromatic carbocycles. The average molecular weight is 400 g/mol. The number of nitrogens with two attached hydrogens (primary N) is 1.